The Morgan fingerprint density at radius 3 is 3.17 bits per heavy atom. The van der Waals surface area contributed by atoms with E-state index in [4.69, 9.17) is 4.74 Å². The van der Waals surface area contributed by atoms with Crippen molar-refractivity contribution in [1.29, 1.82) is 0 Å². The Hall–Kier alpha value is -1.48. The monoisotopic (exact) mass is 351 g/mol. The van der Waals surface area contributed by atoms with Crippen molar-refractivity contribution < 1.29 is 13.2 Å². The highest BCUT2D eigenvalue weighted by Gasteiger charge is 2.44. The van der Waals surface area contributed by atoms with Crippen LogP contribution in [0.2, 0.25) is 0 Å². The van der Waals surface area contributed by atoms with E-state index in [9.17, 15) is 8.42 Å². The number of aromatic nitrogens is 1. The van der Waals surface area contributed by atoms with E-state index in [0.29, 0.717) is 6.54 Å². The summed E-state index contributed by atoms with van der Waals surface area (Å²) in [5, 5.41) is 4.20. The SMILES string of the molecule is O=S1(=O)NCC2(CCN(Cc3ccsc3)C2)Oc2ncccc21. The fourth-order valence-corrected chi connectivity index (χ4v) is 4.98. The quantitative estimate of drug-likeness (QED) is 0.887. The molecule has 0 radical (unpaired) electrons. The number of nitrogens with zero attached hydrogens (tertiary/aromatic N) is 2. The molecule has 2 aliphatic rings. The predicted molar refractivity (Wildman–Crippen MR) is 87.0 cm³/mol. The van der Waals surface area contributed by atoms with Gasteiger partial charge in [0.25, 0.3) is 0 Å². The second-order valence-corrected chi connectivity index (χ2v) is 8.52. The maximum Gasteiger partial charge on any atom is 0.246 e. The third kappa shape index (κ3) is 2.87. The lowest BCUT2D eigenvalue weighted by molar-refractivity contribution is 0.0748. The summed E-state index contributed by atoms with van der Waals surface area (Å²) in [5.74, 6) is 0.204. The smallest absolute Gasteiger partial charge is 0.246 e. The first-order chi connectivity index (χ1) is 11.1. The average molecular weight is 351 g/mol. The summed E-state index contributed by atoms with van der Waals surface area (Å²) in [5.41, 5.74) is 0.725. The Morgan fingerprint density at radius 2 is 2.35 bits per heavy atom. The summed E-state index contributed by atoms with van der Waals surface area (Å²) in [6.07, 6.45) is 2.33. The highest BCUT2D eigenvalue weighted by Crippen LogP contribution is 2.33. The average Bonchev–Trinajstić information content (AvgIpc) is 3.15. The molecule has 6 nitrogen and oxygen atoms in total. The van der Waals surface area contributed by atoms with Gasteiger partial charge in [-0.1, -0.05) is 0 Å². The van der Waals surface area contributed by atoms with Crippen LogP contribution >= 0.6 is 11.3 Å². The third-order valence-electron chi connectivity index (χ3n) is 4.30. The van der Waals surface area contributed by atoms with Crippen molar-refractivity contribution in [2.24, 2.45) is 0 Å². The molecule has 1 fully saturated rings. The molecule has 4 heterocycles. The molecular weight excluding hydrogens is 334 g/mol. The van der Waals surface area contributed by atoms with Crippen LogP contribution in [0.4, 0.5) is 0 Å². The molecule has 2 aromatic heterocycles. The van der Waals surface area contributed by atoms with E-state index < -0.39 is 15.6 Å². The molecule has 1 spiro atoms. The number of rotatable bonds is 2. The van der Waals surface area contributed by atoms with Crippen LogP contribution in [-0.4, -0.2) is 43.5 Å². The van der Waals surface area contributed by atoms with Gasteiger partial charge in [-0.25, -0.2) is 18.1 Å². The molecule has 0 amide bonds. The maximum absolute atomic E-state index is 12.3. The molecule has 1 unspecified atom stereocenters. The van der Waals surface area contributed by atoms with E-state index in [1.54, 1.807) is 23.6 Å². The van der Waals surface area contributed by atoms with E-state index in [1.165, 1.54) is 11.6 Å². The molecule has 1 saturated heterocycles. The Morgan fingerprint density at radius 1 is 1.43 bits per heavy atom. The van der Waals surface area contributed by atoms with Crippen LogP contribution in [0.25, 0.3) is 0 Å². The van der Waals surface area contributed by atoms with Crippen molar-refractivity contribution in [3.8, 4) is 5.88 Å². The van der Waals surface area contributed by atoms with Crippen LogP contribution in [0.3, 0.4) is 0 Å². The summed E-state index contributed by atoms with van der Waals surface area (Å²) in [4.78, 5) is 6.55. The van der Waals surface area contributed by atoms with Gasteiger partial charge in [-0.3, -0.25) is 4.90 Å². The van der Waals surface area contributed by atoms with Gasteiger partial charge in [-0.2, -0.15) is 11.3 Å². The van der Waals surface area contributed by atoms with Crippen LogP contribution in [-0.2, 0) is 16.6 Å². The van der Waals surface area contributed by atoms with Gasteiger partial charge in [0.2, 0.25) is 15.9 Å². The second-order valence-electron chi connectivity index (χ2n) is 6.01. The summed E-state index contributed by atoms with van der Waals surface area (Å²) >= 11 is 1.68. The van der Waals surface area contributed by atoms with Crippen LogP contribution in [0, 0.1) is 0 Å². The van der Waals surface area contributed by atoms with Gasteiger partial charge in [0.1, 0.15) is 10.5 Å². The summed E-state index contributed by atoms with van der Waals surface area (Å²) in [6.45, 7) is 2.68. The van der Waals surface area contributed by atoms with E-state index in [-0.39, 0.29) is 17.3 Å². The molecule has 0 saturated carbocycles. The minimum absolute atomic E-state index is 0.119. The van der Waals surface area contributed by atoms with E-state index in [1.807, 2.05) is 0 Å². The number of pyridine rings is 1. The molecule has 1 atom stereocenters. The van der Waals surface area contributed by atoms with Crippen molar-refractivity contribution in [2.45, 2.75) is 23.5 Å². The largest absolute Gasteiger partial charge is 0.467 e. The molecular formula is C15H17N3O3S2. The Bertz CT molecular complexity index is 807. The van der Waals surface area contributed by atoms with Gasteiger partial charge < -0.3 is 4.74 Å². The van der Waals surface area contributed by atoms with Crippen LogP contribution in [0.15, 0.2) is 40.1 Å². The summed E-state index contributed by atoms with van der Waals surface area (Å²) in [6, 6.07) is 5.25. The summed E-state index contributed by atoms with van der Waals surface area (Å²) < 4.78 is 33.4. The van der Waals surface area contributed by atoms with Crippen molar-refractivity contribution in [2.75, 3.05) is 19.6 Å². The molecule has 2 aromatic rings. The van der Waals surface area contributed by atoms with Gasteiger partial charge >= 0.3 is 0 Å². The zero-order valence-electron chi connectivity index (χ0n) is 12.4. The molecule has 0 aliphatic carbocycles. The number of hydrogen-bond acceptors (Lipinski definition) is 6. The number of sulfonamides is 1. The fourth-order valence-electron chi connectivity index (χ4n) is 3.13. The predicted octanol–water partition coefficient (Wildman–Crippen LogP) is 1.46. The van der Waals surface area contributed by atoms with E-state index >= 15 is 0 Å². The van der Waals surface area contributed by atoms with Crippen LogP contribution in [0.1, 0.15) is 12.0 Å². The topological polar surface area (TPSA) is 71.5 Å². The van der Waals surface area contributed by atoms with Crippen LogP contribution in [0.5, 0.6) is 5.88 Å². The molecule has 2 aliphatic heterocycles. The molecule has 1 N–H and O–H groups in total. The summed E-state index contributed by atoms with van der Waals surface area (Å²) in [7, 11) is -3.56. The highest BCUT2D eigenvalue weighted by molar-refractivity contribution is 7.89. The van der Waals surface area contributed by atoms with Crippen molar-refractivity contribution in [1.82, 2.24) is 14.6 Å². The van der Waals surface area contributed by atoms with E-state index in [0.717, 1.165) is 19.5 Å². The number of fused-ring (bicyclic) bond motifs is 1. The Balaban J connectivity index is 1.59. The molecule has 8 heteroatoms. The molecule has 0 bridgehead atoms. The Kier molecular flexibility index (Phi) is 3.64. The third-order valence-corrected chi connectivity index (χ3v) is 6.45. The lowest BCUT2D eigenvalue weighted by Gasteiger charge is -2.28. The molecule has 122 valence electrons. The first-order valence-electron chi connectivity index (χ1n) is 7.44. The zero-order chi connectivity index (χ0) is 15.9. The highest BCUT2D eigenvalue weighted by atomic mass is 32.2. The normalized spacial score (nSPS) is 26.6. The number of hydrogen-bond donors (Lipinski definition) is 1. The first-order valence-corrected chi connectivity index (χ1v) is 9.86. The van der Waals surface area contributed by atoms with Crippen molar-refractivity contribution in [3.63, 3.8) is 0 Å². The molecule has 0 aromatic carbocycles. The molecule has 23 heavy (non-hydrogen) atoms. The zero-order valence-corrected chi connectivity index (χ0v) is 14.1. The second kappa shape index (κ2) is 5.55. The standard InChI is InChI=1S/C15H17N3O3S2/c19-23(20)13-2-1-5-16-14(13)21-15(10-17-23)4-6-18(11-15)8-12-3-7-22-9-12/h1-3,5,7,9,17H,4,6,8,10-11H2. The van der Waals surface area contributed by atoms with Gasteiger partial charge in [0.05, 0.1) is 6.54 Å². The van der Waals surface area contributed by atoms with Crippen LogP contribution < -0.4 is 9.46 Å². The van der Waals surface area contributed by atoms with E-state index in [2.05, 4.69) is 31.4 Å². The van der Waals surface area contributed by atoms with Crippen molar-refractivity contribution >= 4 is 21.4 Å². The maximum atomic E-state index is 12.3. The lowest BCUT2D eigenvalue weighted by Crippen LogP contribution is -2.47. The lowest BCUT2D eigenvalue weighted by atomic mass is 10.0. The van der Waals surface area contributed by atoms with Gasteiger partial charge in [-0.15, -0.1) is 0 Å². The number of nitrogens with one attached hydrogen (secondary N) is 1. The fraction of sp³-hybridized carbons (Fsp3) is 0.400. The Labute approximate surface area is 139 Å². The van der Waals surface area contributed by atoms with Crippen molar-refractivity contribution in [3.05, 3.63) is 40.7 Å². The van der Waals surface area contributed by atoms with Gasteiger partial charge in [0, 0.05) is 32.3 Å². The van der Waals surface area contributed by atoms with Gasteiger partial charge in [0.15, 0.2) is 0 Å². The minimum Gasteiger partial charge on any atom is -0.467 e. The number of likely N-dealkylation sites (tertiary alicyclic amines) is 1. The first kappa shape index (κ1) is 15.1. The number of ether oxygens (including phenoxy) is 1. The van der Waals surface area contributed by atoms with Gasteiger partial charge in [-0.05, 0) is 34.5 Å². The minimum atomic E-state index is -3.56. The number of thiophene rings is 1. The molecule has 4 rings (SSSR count).